The van der Waals surface area contributed by atoms with Gasteiger partial charge >= 0.3 is 5.97 Å². The van der Waals surface area contributed by atoms with Crippen molar-refractivity contribution in [2.24, 2.45) is 0 Å². The van der Waals surface area contributed by atoms with E-state index >= 15 is 0 Å². The Bertz CT molecular complexity index is 759. The van der Waals surface area contributed by atoms with E-state index in [1.54, 1.807) is 13.1 Å². The third-order valence-corrected chi connectivity index (χ3v) is 5.06. The Kier molecular flexibility index (Phi) is 4.45. The topological polar surface area (TPSA) is 112 Å². The molecular formula is C12H12BrN3O4S. The van der Waals surface area contributed by atoms with Crippen LogP contribution < -0.4 is 4.72 Å². The van der Waals surface area contributed by atoms with Crippen molar-refractivity contribution in [2.45, 2.75) is 17.9 Å². The first kappa shape index (κ1) is 15.7. The van der Waals surface area contributed by atoms with Gasteiger partial charge in [-0.1, -0.05) is 0 Å². The van der Waals surface area contributed by atoms with Crippen molar-refractivity contribution < 1.29 is 18.3 Å². The molecule has 0 bridgehead atoms. The molecule has 9 heteroatoms. The third kappa shape index (κ3) is 3.49. The van der Waals surface area contributed by atoms with Crippen LogP contribution in [-0.2, 0) is 10.0 Å². The van der Waals surface area contributed by atoms with Gasteiger partial charge in [0.2, 0.25) is 10.0 Å². The van der Waals surface area contributed by atoms with Gasteiger partial charge in [0.05, 0.1) is 16.7 Å². The molecule has 1 aromatic carbocycles. The largest absolute Gasteiger partial charge is 0.478 e. The van der Waals surface area contributed by atoms with Gasteiger partial charge in [0.1, 0.15) is 0 Å². The highest BCUT2D eigenvalue weighted by Gasteiger charge is 2.21. The molecule has 1 heterocycles. The van der Waals surface area contributed by atoms with E-state index in [9.17, 15) is 13.2 Å². The number of carbonyl (C=O) groups is 1. The van der Waals surface area contributed by atoms with Crippen LogP contribution in [0.2, 0.25) is 0 Å². The molecule has 21 heavy (non-hydrogen) atoms. The number of carboxylic acids is 1. The second kappa shape index (κ2) is 5.96. The Balaban J connectivity index is 2.32. The van der Waals surface area contributed by atoms with Gasteiger partial charge in [-0.15, -0.1) is 0 Å². The monoisotopic (exact) mass is 373 g/mol. The molecule has 2 aromatic rings. The fourth-order valence-corrected chi connectivity index (χ4v) is 3.38. The Morgan fingerprint density at radius 2 is 2.19 bits per heavy atom. The van der Waals surface area contributed by atoms with Crippen molar-refractivity contribution >= 4 is 31.9 Å². The first-order chi connectivity index (χ1) is 9.81. The molecule has 2 rings (SSSR count). The number of aromatic amines is 1. The number of hydrogen-bond donors (Lipinski definition) is 3. The van der Waals surface area contributed by atoms with Crippen molar-refractivity contribution in [3.05, 3.63) is 46.2 Å². The quantitative estimate of drug-likeness (QED) is 0.740. The Morgan fingerprint density at radius 1 is 1.48 bits per heavy atom. The zero-order valence-corrected chi connectivity index (χ0v) is 13.3. The highest BCUT2D eigenvalue weighted by molar-refractivity contribution is 9.10. The summed E-state index contributed by atoms with van der Waals surface area (Å²) in [5.41, 5.74) is 0.558. The van der Waals surface area contributed by atoms with Crippen LogP contribution in [-0.4, -0.2) is 29.7 Å². The molecule has 0 saturated carbocycles. The molecule has 0 aliphatic carbocycles. The molecule has 0 spiro atoms. The van der Waals surface area contributed by atoms with Crippen molar-refractivity contribution in [3.8, 4) is 0 Å². The first-order valence-corrected chi connectivity index (χ1v) is 8.13. The summed E-state index contributed by atoms with van der Waals surface area (Å²) in [7, 11) is -3.83. The molecule has 0 aliphatic rings. The number of aromatic carboxylic acids is 1. The smallest absolute Gasteiger partial charge is 0.336 e. The van der Waals surface area contributed by atoms with Gasteiger partial charge in [-0.25, -0.2) is 17.9 Å². The van der Waals surface area contributed by atoms with Crippen LogP contribution >= 0.6 is 15.9 Å². The SMILES string of the molecule is CC(NS(=O)(=O)c1ccc(Br)c(C(=O)O)c1)c1cn[nH]c1. The second-order valence-corrected chi connectivity index (χ2v) is 6.89. The summed E-state index contributed by atoms with van der Waals surface area (Å²) in [4.78, 5) is 10.9. The first-order valence-electron chi connectivity index (χ1n) is 5.85. The summed E-state index contributed by atoms with van der Waals surface area (Å²) in [5, 5.41) is 15.4. The second-order valence-electron chi connectivity index (χ2n) is 4.32. The molecule has 0 fully saturated rings. The molecular weight excluding hydrogens is 362 g/mol. The number of benzene rings is 1. The molecule has 1 atom stereocenters. The summed E-state index contributed by atoms with van der Waals surface area (Å²) in [6, 6.07) is 3.34. The molecule has 1 aromatic heterocycles. The highest BCUT2D eigenvalue weighted by Crippen LogP contribution is 2.22. The van der Waals surface area contributed by atoms with Crippen LogP contribution in [0.1, 0.15) is 28.9 Å². The highest BCUT2D eigenvalue weighted by atomic mass is 79.9. The molecule has 7 nitrogen and oxygen atoms in total. The maximum Gasteiger partial charge on any atom is 0.336 e. The molecule has 3 N–H and O–H groups in total. The fraction of sp³-hybridized carbons (Fsp3) is 0.167. The molecule has 1 unspecified atom stereocenters. The van der Waals surface area contributed by atoms with Crippen LogP contribution in [0.4, 0.5) is 0 Å². The lowest BCUT2D eigenvalue weighted by atomic mass is 10.2. The average Bonchev–Trinajstić information content (AvgIpc) is 2.92. The summed E-state index contributed by atoms with van der Waals surface area (Å²) >= 11 is 3.07. The van der Waals surface area contributed by atoms with Crippen LogP contribution in [0, 0.1) is 0 Å². The van der Waals surface area contributed by atoms with Crippen molar-refractivity contribution in [1.29, 1.82) is 0 Å². The lowest BCUT2D eigenvalue weighted by Crippen LogP contribution is -2.26. The van der Waals surface area contributed by atoms with Crippen LogP contribution in [0.3, 0.4) is 0 Å². The molecule has 0 radical (unpaired) electrons. The maximum atomic E-state index is 12.3. The van der Waals surface area contributed by atoms with Gasteiger partial charge in [0.25, 0.3) is 0 Å². The zero-order valence-electron chi connectivity index (χ0n) is 10.9. The van der Waals surface area contributed by atoms with Crippen molar-refractivity contribution in [1.82, 2.24) is 14.9 Å². The minimum absolute atomic E-state index is 0.113. The third-order valence-electron chi connectivity index (χ3n) is 2.83. The number of carboxylic acid groups (broad SMARTS) is 1. The normalized spacial score (nSPS) is 13.0. The number of nitrogens with zero attached hydrogens (tertiary/aromatic N) is 1. The predicted molar refractivity (Wildman–Crippen MR) is 78.4 cm³/mol. The maximum absolute atomic E-state index is 12.3. The molecule has 0 amide bonds. The van der Waals surface area contributed by atoms with Crippen LogP contribution in [0.5, 0.6) is 0 Å². The van der Waals surface area contributed by atoms with E-state index < -0.39 is 22.0 Å². The number of nitrogens with one attached hydrogen (secondary N) is 2. The predicted octanol–water partition coefficient (Wildman–Crippen LogP) is 1.91. The van der Waals surface area contributed by atoms with Gasteiger partial charge in [0.15, 0.2) is 0 Å². The standard InChI is InChI=1S/C12H12BrN3O4S/c1-7(8-5-14-15-6-8)16-21(19,20)9-2-3-11(13)10(4-9)12(17)18/h2-7,16H,1H3,(H,14,15)(H,17,18). The molecule has 112 valence electrons. The van der Waals surface area contributed by atoms with Crippen molar-refractivity contribution in [3.63, 3.8) is 0 Å². The van der Waals surface area contributed by atoms with Crippen molar-refractivity contribution in [2.75, 3.05) is 0 Å². The van der Waals surface area contributed by atoms with Crippen LogP contribution in [0.15, 0.2) is 40.0 Å². The van der Waals surface area contributed by atoms with E-state index in [-0.39, 0.29) is 10.5 Å². The summed E-state index contributed by atoms with van der Waals surface area (Å²) in [6.07, 6.45) is 3.09. The Morgan fingerprint density at radius 3 is 2.76 bits per heavy atom. The lowest BCUT2D eigenvalue weighted by molar-refractivity contribution is 0.0695. The van der Waals surface area contributed by atoms with Crippen LogP contribution in [0.25, 0.3) is 0 Å². The van der Waals surface area contributed by atoms with Gasteiger partial charge in [-0.2, -0.15) is 5.10 Å². The van der Waals surface area contributed by atoms with E-state index in [0.29, 0.717) is 10.0 Å². The van der Waals surface area contributed by atoms with E-state index in [0.717, 1.165) is 6.07 Å². The Labute approximate surface area is 129 Å². The number of H-pyrrole nitrogens is 1. The Hall–Kier alpha value is -1.71. The zero-order chi connectivity index (χ0) is 15.6. The number of aromatic nitrogens is 2. The van der Waals surface area contributed by atoms with E-state index in [1.807, 2.05) is 0 Å². The van der Waals surface area contributed by atoms with E-state index in [4.69, 9.17) is 5.11 Å². The molecule has 0 saturated heterocycles. The van der Waals surface area contributed by atoms with Gasteiger partial charge in [0, 0.05) is 22.3 Å². The van der Waals surface area contributed by atoms with Gasteiger partial charge in [-0.3, -0.25) is 5.10 Å². The van der Waals surface area contributed by atoms with E-state index in [1.165, 1.54) is 18.3 Å². The number of sulfonamides is 1. The number of hydrogen-bond acceptors (Lipinski definition) is 4. The average molecular weight is 374 g/mol. The fourth-order valence-electron chi connectivity index (χ4n) is 1.70. The molecule has 0 aliphatic heterocycles. The van der Waals surface area contributed by atoms with Gasteiger partial charge < -0.3 is 5.11 Å². The van der Waals surface area contributed by atoms with E-state index in [2.05, 4.69) is 30.8 Å². The summed E-state index contributed by atoms with van der Waals surface area (Å²) in [6.45, 7) is 1.67. The van der Waals surface area contributed by atoms with Gasteiger partial charge in [-0.05, 0) is 41.1 Å². The summed E-state index contributed by atoms with van der Waals surface area (Å²) < 4.78 is 27.3. The lowest BCUT2D eigenvalue weighted by Gasteiger charge is -2.13. The number of halogens is 1. The minimum Gasteiger partial charge on any atom is -0.478 e. The summed E-state index contributed by atoms with van der Waals surface area (Å²) in [5.74, 6) is -1.21. The number of rotatable bonds is 5. The minimum atomic E-state index is -3.83.